The van der Waals surface area contributed by atoms with Gasteiger partial charge in [0.15, 0.2) is 5.78 Å². The van der Waals surface area contributed by atoms with Gasteiger partial charge in [0.2, 0.25) is 0 Å². The Balaban J connectivity index is 1.94. The predicted molar refractivity (Wildman–Crippen MR) is 92.3 cm³/mol. The van der Waals surface area contributed by atoms with Gasteiger partial charge < -0.3 is 10.1 Å². The van der Waals surface area contributed by atoms with E-state index in [1.54, 1.807) is 42.5 Å². The molecule has 27 heavy (non-hydrogen) atoms. The van der Waals surface area contributed by atoms with E-state index < -0.39 is 17.6 Å². The molecule has 0 atom stereocenters. The molecule has 1 aliphatic rings. The third kappa shape index (κ3) is 4.63. The van der Waals surface area contributed by atoms with Crippen LogP contribution < -0.4 is 10.1 Å². The van der Waals surface area contributed by atoms with Gasteiger partial charge in [-0.15, -0.1) is 0 Å². The number of carbonyl (C=O) groups excluding carboxylic acids is 2. The summed E-state index contributed by atoms with van der Waals surface area (Å²) in [7, 11) is 0. The quantitative estimate of drug-likeness (QED) is 0.849. The summed E-state index contributed by atoms with van der Waals surface area (Å²) < 4.78 is 44.6. The molecule has 1 aliphatic carbocycles. The molecule has 0 saturated carbocycles. The topological polar surface area (TPSA) is 55.4 Å². The molecule has 2 aromatic carbocycles. The number of rotatable bonds is 4. The molecule has 2 aromatic rings. The second-order valence-electron chi connectivity index (χ2n) is 5.75. The van der Waals surface area contributed by atoms with Crippen LogP contribution in [-0.2, 0) is 11.0 Å². The molecule has 0 fully saturated rings. The minimum Gasteiger partial charge on any atom is -0.457 e. The Morgan fingerprint density at radius 1 is 1.07 bits per heavy atom. The van der Waals surface area contributed by atoms with E-state index in [9.17, 15) is 22.8 Å². The number of hydrogen-bond donors (Lipinski definition) is 1. The van der Waals surface area contributed by atoms with Crippen LogP contribution in [0.2, 0.25) is 0 Å². The van der Waals surface area contributed by atoms with Gasteiger partial charge in [-0.2, -0.15) is 13.2 Å². The fourth-order valence-electron chi connectivity index (χ4n) is 2.44. The summed E-state index contributed by atoms with van der Waals surface area (Å²) in [6.07, 6.45) is 0.0692. The van der Waals surface area contributed by atoms with Gasteiger partial charge in [0, 0.05) is 18.2 Å². The zero-order chi connectivity index (χ0) is 19.4. The van der Waals surface area contributed by atoms with Crippen molar-refractivity contribution in [2.45, 2.75) is 12.6 Å². The minimum atomic E-state index is -4.58. The van der Waals surface area contributed by atoms with E-state index in [2.05, 4.69) is 5.32 Å². The minimum absolute atomic E-state index is 0.0841. The van der Waals surface area contributed by atoms with Gasteiger partial charge in [0.25, 0.3) is 5.91 Å². The Bertz CT molecular complexity index is 931. The molecule has 1 amide bonds. The molecular formula is C20H14F3NO3. The summed E-state index contributed by atoms with van der Waals surface area (Å²) in [5.41, 5.74) is -0.752. The first-order valence-corrected chi connectivity index (χ1v) is 7.99. The molecule has 0 saturated heterocycles. The Morgan fingerprint density at radius 3 is 2.48 bits per heavy atom. The molecule has 0 aromatic heterocycles. The van der Waals surface area contributed by atoms with Crippen LogP contribution >= 0.6 is 0 Å². The van der Waals surface area contributed by atoms with Gasteiger partial charge in [0.1, 0.15) is 11.5 Å². The van der Waals surface area contributed by atoms with E-state index in [-0.39, 0.29) is 35.0 Å². The van der Waals surface area contributed by atoms with Crippen molar-refractivity contribution in [3.05, 3.63) is 83.6 Å². The summed E-state index contributed by atoms with van der Waals surface area (Å²) in [6, 6.07) is 10.8. The number of benzene rings is 2. The molecule has 3 rings (SSSR count). The lowest BCUT2D eigenvalue weighted by atomic mass is 10.1. The molecule has 0 unspecified atom stereocenters. The molecule has 0 spiro atoms. The smallest absolute Gasteiger partial charge is 0.416 e. The Hall–Kier alpha value is -3.35. The first-order chi connectivity index (χ1) is 12.8. The van der Waals surface area contributed by atoms with Crippen LogP contribution in [0, 0.1) is 0 Å². The number of ether oxygens (including phenoxy) is 1. The maximum atomic E-state index is 13.0. The van der Waals surface area contributed by atoms with E-state index in [1.807, 2.05) is 0 Å². The largest absolute Gasteiger partial charge is 0.457 e. The Labute approximate surface area is 153 Å². The first kappa shape index (κ1) is 18.4. The average molecular weight is 373 g/mol. The van der Waals surface area contributed by atoms with Crippen molar-refractivity contribution >= 4 is 11.7 Å². The summed E-state index contributed by atoms with van der Waals surface area (Å²) in [6.45, 7) is 0. The van der Waals surface area contributed by atoms with E-state index in [1.165, 1.54) is 6.08 Å². The molecule has 7 heteroatoms. The maximum Gasteiger partial charge on any atom is 0.416 e. The fourth-order valence-corrected chi connectivity index (χ4v) is 2.44. The van der Waals surface area contributed by atoms with Gasteiger partial charge in [-0.05, 0) is 36.4 Å². The lowest BCUT2D eigenvalue weighted by Gasteiger charge is -2.15. The van der Waals surface area contributed by atoms with Crippen molar-refractivity contribution in [3.63, 3.8) is 0 Å². The highest BCUT2D eigenvalue weighted by molar-refractivity contribution is 6.00. The van der Waals surface area contributed by atoms with E-state index in [0.717, 1.165) is 18.2 Å². The average Bonchev–Trinajstić information content (AvgIpc) is 2.62. The number of halogens is 3. The molecule has 4 nitrogen and oxygen atoms in total. The third-order valence-corrected chi connectivity index (χ3v) is 3.72. The van der Waals surface area contributed by atoms with Crippen molar-refractivity contribution in [2.24, 2.45) is 0 Å². The molecular weight excluding hydrogens is 359 g/mol. The number of ketones is 1. The standard InChI is InChI=1S/C20H14F3NO3/c21-20(22,23)13-9-10-17(18(11-13)27-16-7-2-1-3-8-16)19(26)24-14-5-4-6-15(25)12-14/h1-5,7-12H,6H2,(H,24,26). The second kappa shape index (κ2) is 7.49. The van der Waals surface area contributed by atoms with Gasteiger partial charge in [-0.1, -0.05) is 24.3 Å². The molecule has 0 aliphatic heterocycles. The summed E-state index contributed by atoms with van der Waals surface area (Å²) in [4.78, 5) is 24.0. The van der Waals surface area contributed by atoms with Gasteiger partial charge in [-0.3, -0.25) is 9.59 Å². The van der Waals surface area contributed by atoms with Gasteiger partial charge >= 0.3 is 6.18 Å². The Morgan fingerprint density at radius 2 is 1.81 bits per heavy atom. The van der Waals surface area contributed by atoms with Crippen molar-refractivity contribution in [3.8, 4) is 11.5 Å². The first-order valence-electron chi connectivity index (χ1n) is 7.99. The molecule has 138 valence electrons. The zero-order valence-electron chi connectivity index (χ0n) is 13.9. The second-order valence-corrected chi connectivity index (χ2v) is 5.75. The lowest BCUT2D eigenvalue weighted by molar-refractivity contribution is -0.137. The summed E-state index contributed by atoms with van der Waals surface area (Å²) in [5.74, 6) is -0.806. The summed E-state index contributed by atoms with van der Waals surface area (Å²) in [5, 5.41) is 2.50. The SMILES string of the molecule is O=C1C=C(NC(=O)c2ccc(C(F)(F)F)cc2Oc2ccccc2)C=CC1. The number of alkyl halides is 3. The van der Waals surface area contributed by atoms with Crippen LogP contribution in [0.1, 0.15) is 22.3 Å². The van der Waals surface area contributed by atoms with Crippen LogP contribution in [-0.4, -0.2) is 11.7 Å². The van der Waals surface area contributed by atoms with Gasteiger partial charge in [-0.25, -0.2) is 0 Å². The molecule has 0 radical (unpaired) electrons. The summed E-state index contributed by atoms with van der Waals surface area (Å²) >= 11 is 0. The van der Waals surface area contributed by atoms with Crippen molar-refractivity contribution in [1.29, 1.82) is 0 Å². The molecule has 1 N–H and O–H groups in total. The van der Waals surface area contributed by atoms with Crippen LogP contribution in [0.5, 0.6) is 11.5 Å². The Kier molecular flexibility index (Phi) is 5.12. The highest BCUT2D eigenvalue weighted by Crippen LogP contribution is 2.35. The highest BCUT2D eigenvalue weighted by Gasteiger charge is 2.32. The van der Waals surface area contributed by atoms with Crippen LogP contribution in [0.15, 0.2) is 72.5 Å². The van der Waals surface area contributed by atoms with Crippen LogP contribution in [0.25, 0.3) is 0 Å². The number of allylic oxidation sites excluding steroid dienone is 3. The number of para-hydroxylation sites is 1. The predicted octanol–water partition coefficient (Wildman–Crippen LogP) is 4.64. The normalized spacial score (nSPS) is 13.9. The zero-order valence-corrected chi connectivity index (χ0v) is 13.9. The maximum absolute atomic E-state index is 13.0. The number of hydrogen-bond acceptors (Lipinski definition) is 3. The molecule has 0 heterocycles. The van der Waals surface area contributed by atoms with Gasteiger partial charge in [0.05, 0.1) is 11.1 Å². The fraction of sp³-hybridized carbons (Fsp3) is 0.100. The van der Waals surface area contributed by atoms with Crippen LogP contribution in [0.3, 0.4) is 0 Å². The van der Waals surface area contributed by atoms with Crippen molar-refractivity contribution in [2.75, 3.05) is 0 Å². The monoisotopic (exact) mass is 373 g/mol. The third-order valence-electron chi connectivity index (χ3n) is 3.72. The lowest BCUT2D eigenvalue weighted by Crippen LogP contribution is -2.24. The highest BCUT2D eigenvalue weighted by atomic mass is 19.4. The van der Waals surface area contributed by atoms with Crippen LogP contribution in [0.4, 0.5) is 13.2 Å². The molecule has 0 bridgehead atoms. The number of nitrogens with one attached hydrogen (secondary N) is 1. The van der Waals surface area contributed by atoms with E-state index in [4.69, 9.17) is 4.74 Å². The van der Waals surface area contributed by atoms with E-state index in [0.29, 0.717) is 0 Å². The number of carbonyl (C=O) groups is 2. The van der Waals surface area contributed by atoms with Crippen molar-refractivity contribution < 1.29 is 27.5 Å². The van der Waals surface area contributed by atoms with Crippen molar-refractivity contribution in [1.82, 2.24) is 5.32 Å². The van der Waals surface area contributed by atoms with E-state index >= 15 is 0 Å². The number of amides is 1.